The lowest BCUT2D eigenvalue weighted by Gasteiger charge is -2.32. The van der Waals surface area contributed by atoms with E-state index in [0.29, 0.717) is 24.6 Å². The number of fused-ring (bicyclic) bond motifs is 1. The number of aliphatic hydroxyl groups is 1. The van der Waals surface area contributed by atoms with E-state index in [2.05, 4.69) is 19.2 Å². The van der Waals surface area contributed by atoms with E-state index in [4.69, 9.17) is 9.47 Å². The van der Waals surface area contributed by atoms with Gasteiger partial charge in [0.25, 0.3) is 0 Å². The fourth-order valence-electron chi connectivity index (χ4n) is 2.88. The van der Waals surface area contributed by atoms with Gasteiger partial charge in [-0.15, -0.1) is 12.4 Å². The van der Waals surface area contributed by atoms with Gasteiger partial charge < -0.3 is 14.6 Å². The number of benzene rings is 2. The van der Waals surface area contributed by atoms with Gasteiger partial charge in [-0.3, -0.25) is 5.32 Å². The van der Waals surface area contributed by atoms with E-state index in [0.717, 1.165) is 16.9 Å². The molecule has 1 atom stereocenters. The summed E-state index contributed by atoms with van der Waals surface area (Å²) in [5.41, 5.74) is 0.826. The standard InChI is InChI=1S/C19H23NO3.ClH/c1-14(2)11-19(21,20-12-15-6-4-3-5-7-15)16-8-9-17-18(10-16)23-13-22-17;/h3-10,14,20-21H,11-13H2,1-2H3;1H. The zero-order valence-electron chi connectivity index (χ0n) is 14.0. The molecule has 1 aliphatic heterocycles. The molecule has 4 nitrogen and oxygen atoms in total. The topological polar surface area (TPSA) is 50.7 Å². The van der Waals surface area contributed by atoms with E-state index >= 15 is 0 Å². The van der Waals surface area contributed by atoms with Gasteiger partial charge in [-0.1, -0.05) is 50.2 Å². The average Bonchev–Trinajstić information content (AvgIpc) is 3.01. The summed E-state index contributed by atoms with van der Waals surface area (Å²) in [6, 6.07) is 15.7. The van der Waals surface area contributed by atoms with Gasteiger partial charge in [0.05, 0.1) is 0 Å². The maximum Gasteiger partial charge on any atom is 0.231 e. The van der Waals surface area contributed by atoms with Crippen molar-refractivity contribution in [1.29, 1.82) is 0 Å². The number of nitrogens with one attached hydrogen (secondary N) is 1. The Morgan fingerprint density at radius 1 is 1.08 bits per heavy atom. The summed E-state index contributed by atoms with van der Waals surface area (Å²) in [5.74, 6) is 1.75. The second-order valence-electron chi connectivity index (χ2n) is 6.37. The van der Waals surface area contributed by atoms with Crippen molar-refractivity contribution in [2.24, 2.45) is 5.92 Å². The molecule has 0 aliphatic carbocycles. The van der Waals surface area contributed by atoms with E-state index in [9.17, 15) is 5.11 Å². The monoisotopic (exact) mass is 349 g/mol. The largest absolute Gasteiger partial charge is 0.454 e. The fraction of sp³-hybridized carbons (Fsp3) is 0.368. The molecule has 0 fully saturated rings. The Labute approximate surface area is 149 Å². The van der Waals surface area contributed by atoms with Gasteiger partial charge in [-0.05, 0) is 30.0 Å². The van der Waals surface area contributed by atoms with Crippen LogP contribution in [0, 0.1) is 5.92 Å². The third kappa shape index (κ3) is 4.20. The molecular weight excluding hydrogens is 326 g/mol. The highest BCUT2D eigenvalue weighted by Gasteiger charge is 2.31. The number of ether oxygens (including phenoxy) is 2. The van der Waals surface area contributed by atoms with Gasteiger partial charge in [0.2, 0.25) is 6.79 Å². The van der Waals surface area contributed by atoms with Gasteiger partial charge in [0.15, 0.2) is 11.5 Å². The van der Waals surface area contributed by atoms with Crippen LogP contribution < -0.4 is 14.8 Å². The first kappa shape index (κ1) is 18.6. The highest BCUT2D eigenvalue weighted by atomic mass is 35.5. The molecule has 0 aromatic heterocycles. The summed E-state index contributed by atoms with van der Waals surface area (Å²) < 4.78 is 10.8. The van der Waals surface area contributed by atoms with Crippen molar-refractivity contribution < 1.29 is 14.6 Å². The molecule has 24 heavy (non-hydrogen) atoms. The third-order valence-corrected chi connectivity index (χ3v) is 3.98. The van der Waals surface area contributed by atoms with Crippen LogP contribution in [0.5, 0.6) is 11.5 Å². The Morgan fingerprint density at radius 2 is 1.79 bits per heavy atom. The molecule has 0 spiro atoms. The Morgan fingerprint density at radius 3 is 2.50 bits per heavy atom. The average molecular weight is 350 g/mol. The molecule has 2 aromatic rings. The van der Waals surface area contributed by atoms with E-state index in [1.807, 2.05) is 48.5 Å². The molecule has 0 saturated heterocycles. The minimum absolute atomic E-state index is 0. The lowest BCUT2D eigenvalue weighted by molar-refractivity contribution is -0.0213. The first-order valence-corrected chi connectivity index (χ1v) is 7.98. The molecule has 1 heterocycles. The molecule has 1 unspecified atom stereocenters. The minimum Gasteiger partial charge on any atom is -0.454 e. The van der Waals surface area contributed by atoms with Gasteiger partial charge in [-0.25, -0.2) is 0 Å². The zero-order valence-corrected chi connectivity index (χ0v) is 14.8. The van der Waals surface area contributed by atoms with E-state index < -0.39 is 5.72 Å². The van der Waals surface area contributed by atoms with Gasteiger partial charge in [0, 0.05) is 12.1 Å². The van der Waals surface area contributed by atoms with Crippen LogP contribution in [0.4, 0.5) is 0 Å². The summed E-state index contributed by atoms with van der Waals surface area (Å²) >= 11 is 0. The quantitative estimate of drug-likeness (QED) is 0.778. The molecule has 2 aromatic carbocycles. The molecule has 0 amide bonds. The van der Waals surface area contributed by atoms with E-state index in [1.54, 1.807) is 0 Å². The summed E-state index contributed by atoms with van der Waals surface area (Å²) in [5, 5.41) is 14.5. The van der Waals surface area contributed by atoms with Crippen LogP contribution in [0.15, 0.2) is 48.5 Å². The van der Waals surface area contributed by atoms with Gasteiger partial charge in [0.1, 0.15) is 5.72 Å². The lowest BCUT2D eigenvalue weighted by Crippen LogP contribution is -2.43. The molecular formula is C19H24ClNO3. The maximum absolute atomic E-state index is 11.2. The van der Waals surface area contributed by atoms with Crippen LogP contribution in [0.25, 0.3) is 0 Å². The predicted octanol–water partition coefficient (Wildman–Crippen LogP) is 3.82. The first-order valence-electron chi connectivity index (χ1n) is 7.98. The molecule has 0 radical (unpaired) electrons. The summed E-state index contributed by atoms with van der Waals surface area (Å²) in [6.07, 6.45) is 0.611. The van der Waals surface area contributed by atoms with Crippen LogP contribution in [0.1, 0.15) is 31.4 Å². The molecule has 2 N–H and O–H groups in total. The number of hydrogen-bond donors (Lipinski definition) is 2. The molecule has 130 valence electrons. The normalized spacial score (nSPS) is 15.0. The second-order valence-corrected chi connectivity index (χ2v) is 6.37. The SMILES string of the molecule is CC(C)CC(O)(NCc1ccccc1)c1ccc2c(c1)OCO2.Cl. The maximum atomic E-state index is 11.2. The first-order chi connectivity index (χ1) is 11.1. The lowest BCUT2D eigenvalue weighted by atomic mass is 9.92. The fourth-order valence-corrected chi connectivity index (χ4v) is 2.88. The Bertz CT molecular complexity index is 663. The van der Waals surface area contributed by atoms with Crippen LogP contribution in [-0.4, -0.2) is 11.9 Å². The predicted molar refractivity (Wildman–Crippen MR) is 96.4 cm³/mol. The third-order valence-electron chi connectivity index (χ3n) is 3.98. The van der Waals surface area contributed by atoms with Crippen molar-refractivity contribution in [1.82, 2.24) is 5.32 Å². The van der Waals surface area contributed by atoms with Crippen molar-refractivity contribution in [2.75, 3.05) is 6.79 Å². The van der Waals surface area contributed by atoms with Crippen molar-refractivity contribution >= 4 is 12.4 Å². The molecule has 1 aliphatic rings. The Hall–Kier alpha value is -1.75. The highest BCUT2D eigenvalue weighted by molar-refractivity contribution is 5.85. The van der Waals surface area contributed by atoms with Crippen molar-refractivity contribution in [2.45, 2.75) is 32.5 Å². The Kier molecular flexibility index (Phi) is 6.10. The van der Waals surface area contributed by atoms with E-state index in [-0.39, 0.29) is 19.2 Å². The van der Waals surface area contributed by atoms with Gasteiger partial charge >= 0.3 is 0 Å². The van der Waals surface area contributed by atoms with Crippen LogP contribution in [-0.2, 0) is 12.3 Å². The van der Waals surface area contributed by atoms with Crippen molar-refractivity contribution in [3.8, 4) is 11.5 Å². The Balaban J connectivity index is 0.00000208. The summed E-state index contributed by atoms with van der Waals surface area (Å²) in [7, 11) is 0. The van der Waals surface area contributed by atoms with Crippen LogP contribution >= 0.6 is 12.4 Å². The highest BCUT2D eigenvalue weighted by Crippen LogP contribution is 2.37. The van der Waals surface area contributed by atoms with Crippen molar-refractivity contribution in [3.63, 3.8) is 0 Å². The summed E-state index contributed by atoms with van der Waals surface area (Å²) in [6.45, 7) is 5.03. The van der Waals surface area contributed by atoms with Crippen LogP contribution in [0.2, 0.25) is 0 Å². The van der Waals surface area contributed by atoms with Crippen LogP contribution in [0.3, 0.4) is 0 Å². The number of hydrogen-bond acceptors (Lipinski definition) is 4. The number of rotatable bonds is 6. The number of halogens is 1. The molecule has 3 rings (SSSR count). The smallest absolute Gasteiger partial charge is 0.231 e. The van der Waals surface area contributed by atoms with E-state index in [1.165, 1.54) is 0 Å². The molecule has 0 bridgehead atoms. The van der Waals surface area contributed by atoms with Crippen molar-refractivity contribution in [3.05, 3.63) is 59.7 Å². The zero-order chi connectivity index (χ0) is 16.3. The molecule has 0 saturated carbocycles. The second kappa shape index (κ2) is 7.88. The summed E-state index contributed by atoms with van der Waals surface area (Å²) in [4.78, 5) is 0. The minimum atomic E-state index is -1.11. The molecule has 5 heteroatoms. The van der Waals surface area contributed by atoms with Gasteiger partial charge in [-0.2, -0.15) is 0 Å².